The minimum atomic E-state index is -1.81. The molecule has 5 heteroatoms. The molecule has 0 radical (unpaired) electrons. The van der Waals surface area contributed by atoms with E-state index in [4.69, 9.17) is 9.16 Å². The molecule has 0 saturated carbocycles. The van der Waals surface area contributed by atoms with Gasteiger partial charge in [0.1, 0.15) is 0 Å². The van der Waals surface area contributed by atoms with Gasteiger partial charge in [0.05, 0.1) is 19.1 Å². The van der Waals surface area contributed by atoms with Crippen LogP contribution in [0.5, 0.6) is 0 Å². The van der Waals surface area contributed by atoms with Gasteiger partial charge < -0.3 is 9.16 Å². The van der Waals surface area contributed by atoms with E-state index in [-0.39, 0.29) is 18.5 Å². The lowest BCUT2D eigenvalue weighted by molar-refractivity contribution is -0.145. The molecule has 0 fully saturated rings. The number of halogens is 1. The van der Waals surface area contributed by atoms with E-state index < -0.39 is 8.32 Å². The van der Waals surface area contributed by atoms with E-state index in [0.29, 0.717) is 18.6 Å². The van der Waals surface area contributed by atoms with Crippen LogP contribution in [-0.2, 0) is 14.0 Å². The van der Waals surface area contributed by atoms with Crippen LogP contribution in [0.3, 0.4) is 0 Å². The molecule has 0 aromatic rings. The summed E-state index contributed by atoms with van der Waals surface area (Å²) < 4.78 is 11.5. The normalized spacial score (nSPS) is 12.8. The lowest BCUT2D eigenvalue weighted by Gasteiger charge is -2.36. The molecule has 0 aliphatic carbocycles. The molecule has 0 aromatic carbocycles. The van der Waals surface area contributed by atoms with Crippen molar-refractivity contribution in [3.8, 4) is 10.8 Å². The van der Waals surface area contributed by atoms with Crippen LogP contribution in [0.15, 0.2) is 0 Å². The third kappa shape index (κ3) is 6.42. The highest BCUT2D eigenvalue weighted by atomic mass is 79.9. The Hall–Kier alpha value is -0.313. The van der Waals surface area contributed by atoms with Gasteiger partial charge in [-0.05, 0) is 29.4 Å². The second-order valence-electron chi connectivity index (χ2n) is 5.15. The fraction of sp³-hybridized carbons (Fsp3) is 0.800. The Morgan fingerprint density at radius 1 is 1.25 bits per heavy atom. The van der Waals surface area contributed by atoms with Gasteiger partial charge in [0.2, 0.25) is 0 Å². The zero-order valence-electron chi connectivity index (χ0n) is 13.3. The topological polar surface area (TPSA) is 35.5 Å². The largest absolute Gasteiger partial charge is 0.466 e. The predicted octanol–water partition coefficient (Wildman–Crippen LogP) is 4.47. The second kappa shape index (κ2) is 10.4. The standard InChI is InChI=1S/C15H27BrO3Si/c1-6-18-15(17)12-14(10-9-11-16)19-20(7-2,8-3)13(4)5/h13-14H,6-8,10,12H2,1-5H3/t14-/m0/s1. The van der Waals surface area contributed by atoms with E-state index >= 15 is 0 Å². The van der Waals surface area contributed by atoms with E-state index in [1.165, 1.54) is 0 Å². The highest BCUT2D eigenvalue weighted by molar-refractivity contribution is 9.12. The highest BCUT2D eigenvalue weighted by Crippen LogP contribution is 2.32. The molecular formula is C15H27BrO3Si. The van der Waals surface area contributed by atoms with Crippen molar-refractivity contribution in [2.45, 2.75) is 71.2 Å². The second-order valence-corrected chi connectivity index (χ2v) is 10.5. The number of hydrogen-bond donors (Lipinski definition) is 0. The Morgan fingerprint density at radius 3 is 2.25 bits per heavy atom. The van der Waals surface area contributed by atoms with E-state index in [1.54, 1.807) is 0 Å². The Kier molecular flexibility index (Phi) is 10.3. The van der Waals surface area contributed by atoms with Gasteiger partial charge in [-0.25, -0.2) is 0 Å². The summed E-state index contributed by atoms with van der Waals surface area (Å²) in [4.78, 5) is 14.4. The van der Waals surface area contributed by atoms with Gasteiger partial charge >= 0.3 is 5.97 Å². The molecule has 0 N–H and O–H groups in total. The number of hydrogen-bond acceptors (Lipinski definition) is 3. The minimum absolute atomic E-state index is 0.159. The molecule has 0 rings (SSSR count). The lowest BCUT2D eigenvalue weighted by Crippen LogP contribution is -2.44. The molecule has 116 valence electrons. The van der Waals surface area contributed by atoms with Crippen LogP contribution < -0.4 is 0 Å². The first-order valence-electron chi connectivity index (χ1n) is 7.37. The van der Waals surface area contributed by atoms with Crippen molar-refractivity contribution in [2.24, 2.45) is 0 Å². The van der Waals surface area contributed by atoms with Crippen LogP contribution in [0.25, 0.3) is 0 Å². The Bertz CT molecular complexity index is 343. The van der Waals surface area contributed by atoms with Crippen molar-refractivity contribution in [1.29, 1.82) is 0 Å². The number of ether oxygens (including phenoxy) is 1. The van der Waals surface area contributed by atoms with E-state index in [2.05, 4.69) is 54.4 Å². The van der Waals surface area contributed by atoms with Crippen molar-refractivity contribution in [2.75, 3.05) is 6.61 Å². The fourth-order valence-corrected chi connectivity index (χ4v) is 6.15. The summed E-state index contributed by atoms with van der Waals surface area (Å²) in [6.45, 7) is 11.0. The highest BCUT2D eigenvalue weighted by Gasteiger charge is 2.37. The minimum Gasteiger partial charge on any atom is -0.466 e. The number of carbonyl (C=O) groups is 1. The summed E-state index contributed by atoms with van der Waals surface area (Å²) in [5.41, 5.74) is 0.527. The van der Waals surface area contributed by atoms with Crippen LogP contribution >= 0.6 is 15.9 Å². The maximum atomic E-state index is 11.7. The molecule has 0 aliphatic heterocycles. The first-order valence-corrected chi connectivity index (χ1v) is 10.6. The van der Waals surface area contributed by atoms with Crippen molar-refractivity contribution in [3.63, 3.8) is 0 Å². The van der Waals surface area contributed by atoms with E-state index in [0.717, 1.165) is 12.1 Å². The van der Waals surface area contributed by atoms with Gasteiger partial charge in [0.25, 0.3) is 0 Å². The zero-order chi connectivity index (χ0) is 15.6. The van der Waals surface area contributed by atoms with Crippen LogP contribution in [0.1, 0.15) is 47.5 Å². The quantitative estimate of drug-likeness (QED) is 0.345. The number of rotatable bonds is 9. The monoisotopic (exact) mass is 362 g/mol. The van der Waals surface area contributed by atoms with Crippen molar-refractivity contribution < 1.29 is 14.0 Å². The van der Waals surface area contributed by atoms with Crippen LogP contribution in [0.2, 0.25) is 17.6 Å². The molecule has 20 heavy (non-hydrogen) atoms. The molecule has 0 unspecified atom stereocenters. The Labute approximate surface area is 133 Å². The number of carbonyl (C=O) groups excluding carboxylic acids is 1. The summed E-state index contributed by atoms with van der Waals surface area (Å²) in [5.74, 6) is 2.76. The van der Waals surface area contributed by atoms with Gasteiger partial charge in [-0.15, -0.1) is 0 Å². The molecule has 0 amide bonds. The Morgan fingerprint density at radius 2 is 1.85 bits per heavy atom. The molecular weight excluding hydrogens is 336 g/mol. The maximum absolute atomic E-state index is 11.7. The SMILES string of the molecule is CCOC(=O)C[C@H](CC#CBr)O[Si](CC)(CC)C(C)C. The van der Waals surface area contributed by atoms with Gasteiger partial charge in [-0.2, -0.15) is 0 Å². The van der Waals surface area contributed by atoms with Gasteiger partial charge in [0.15, 0.2) is 8.32 Å². The smallest absolute Gasteiger partial charge is 0.308 e. The molecule has 0 aromatic heterocycles. The molecule has 1 atom stereocenters. The molecule has 0 bridgehead atoms. The van der Waals surface area contributed by atoms with Crippen LogP contribution in [0, 0.1) is 10.8 Å². The molecule has 3 nitrogen and oxygen atoms in total. The van der Waals surface area contributed by atoms with Crippen LogP contribution in [0.4, 0.5) is 0 Å². The van der Waals surface area contributed by atoms with Crippen molar-refractivity contribution in [3.05, 3.63) is 0 Å². The van der Waals surface area contributed by atoms with Gasteiger partial charge in [0, 0.05) is 22.4 Å². The Balaban J connectivity index is 4.91. The number of esters is 1. The summed E-state index contributed by atoms with van der Waals surface area (Å²) in [6.07, 6.45) is 0.691. The average Bonchev–Trinajstić information content (AvgIpc) is 2.41. The molecule has 0 saturated heterocycles. The maximum Gasteiger partial charge on any atom is 0.308 e. The molecule has 0 aliphatic rings. The van der Waals surface area contributed by atoms with Gasteiger partial charge in [-0.1, -0.05) is 33.6 Å². The third-order valence-corrected chi connectivity index (χ3v) is 9.33. The van der Waals surface area contributed by atoms with Crippen molar-refractivity contribution in [1.82, 2.24) is 0 Å². The first kappa shape index (κ1) is 19.7. The van der Waals surface area contributed by atoms with E-state index in [1.807, 2.05) is 6.92 Å². The average molecular weight is 363 g/mol. The summed E-state index contributed by atoms with van der Waals surface area (Å²) in [5, 5.41) is 0. The molecule has 0 spiro atoms. The first-order chi connectivity index (χ1) is 9.45. The summed E-state index contributed by atoms with van der Waals surface area (Å²) in [7, 11) is -1.81. The fourth-order valence-electron chi connectivity index (χ4n) is 2.41. The van der Waals surface area contributed by atoms with E-state index in [9.17, 15) is 4.79 Å². The molecule has 0 heterocycles. The van der Waals surface area contributed by atoms with Gasteiger partial charge in [-0.3, -0.25) is 4.79 Å². The summed E-state index contributed by atoms with van der Waals surface area (Å²) >= 11 is 3.10. The van der Waals surface area contributed by atoms with Crippen LogP contribution in [-0.4, -0.2) is 27.0 Å². The summed E-state index contributed by atoms with van der Waals surface area (Å²) in [6, 6.07) is 2.12. The zero-order valence-corrected chi connectivity index (χ0v) is 15.9. The lowest BCUT2D eigenvalue weighted by atomic mass is 10.2. The third-order valence-electron chi connectivity index (χ3n) is 3.75. The van der Waals surface area contributed by atoms with Crippen molar-refractivity contribution >= 4 is 30.2 Å². The predicted molar refractivity (Wildman–Crippen MR) is 89.3 cm³/mol.